The predicted octanol–water partition coefficient (Wildman–Crippen LogP) is 5.99. The van der Waals surface area contributed by atoms with Gasteiger partial charge in [-0.15, -0.1) is 0 Å². The molecule has 1 aromatic carbocycles. The van der Waals surface area contributed by atoms with Gasteiger partial charge in [0.15, 0.2) is 0 Å². The van der Waals surface area contributed by atoms with Crippen LogP contribution in [-0.4, -0.2) is 29.8 Å². The van der Waals surface area contributed by atoms with Gasteiger partial charge in [0.25, 0.3) is 11.8 Å². The van der Waals surface area contributed by atoms with Gasteiger partial charge in [-0.05, 0) is 86.3 Å². The normalized spacial score (nSPS) is 38.5. The first-order chi connectivity index (χ1) is 15.1. The van der Waals surface area contributed by atoms with Crippen LogP contribution in [0.1, 0.15) is 64.4 Å². The highest BCUT2D eigenvalue weighted by atomic mass is 35.5. The molecule has 3 saturated carbocycles. The zero-order valence-corrected chi connectivity index (χ0v) is 20.5. The summed E-state index contributed by atoms with van der Waals surface area (Å²) in [6, 6.07) is 5.60. The van der Waals surface area contributed by atoms with Crippen LogP contribution in [0.4, 0.5) is 5.69 Å². The molecular formula is C27H35ClN2O2. The van der Waals surface area contributed by atoms with Crippen molar-refractivity contribution in [3.8, 4) is 0 Å². The molecule has 2 amide bonds. The Morgan fingerprint density at radius 3 is 2.69 bits per heavy atom. The average Bonchev–Trinajstić information content (AvgIpc) is 3.15. The van der Waals surface area contributed by atoms with Crippen LogP contribution in [0.15, 0.2) is 29.8 Å². The molecule has 32 heavy (non-hydrogen) atoms. The highest BCUT2D eigenvalue weighted by Gasteiger charge is 2.59. The second kappa shape index (κ2) is 7.62. The van der Waals surface area contributed by atoms with Crippen LogP contribution in [0.2, 0.25) is 5.02 Å². The van der Waals surface area contributed by atoms with Gasteiger partial charge < -0.3 is 10.2 Å². The van der Waals surface area contributed by atoms with E-state index in [1.54, 1.807) is 12.1 Å². The molecule has 1 N–H and O–H groups in total. The Kier molecular flexibility index (Phi) is 5.24. The number of carbonyl (C=O) groups is 2. The summed E-state index contributed by atoms with van der Waals surface area (Å²) in [4.78, 5) is 28.5. The number of amides is 2. The minimum absolute atomic E-state index is 0.161. The van der Waals surface area contributed by atoms with E-state index in [4.69, 9.17) is 11.6 Å². The third kappa shape index (κ3) is 3.24. The smallest absolute Gasteiger partial charge is 0.260 e. The number of hydrogen-bond acceptors (Lipinski definition) is 2. The topological polar surface area (TPSA) is 49.4 Å². The average molecular weight is 455 g/mol. The Hall–Kier alpha value is -1.81. The summed E-state index contributed by atoms with van der Waals surface area (Å²) >= 11 is 6.14. The third-order valence-electron chi connectivity index (χ3n) is 9.67. The molecule has 6 atom stereocenters. The van der Waals surface area contributed by atoms with Crippen molar-refractivity contribution in [2.24, 2.45) is 28.6 Å². The molecule has 1 aliphatic heterocycles. The fourth-order valence-corrected chi connectivity index (χ4v) is 8.14. The van der Waals surface area contributed by atoms with Gasteiger partial charge >= 0.3 is 0 Å². The summed E-state index contributed by atoms with van der Waals surface area (Å²) in [5.41, 5.74) is 2.20. The Labute approximate surface area is 196 Å². The van der Waals surface area contributed by atoms with E-state index in [9.17, 15) is 9.59 Å². The summed E-state index contributed by atoms with van der Waals surface area (Å²) in [5, 5.41) is 3.53. The first kappa shape index (κ1) is 22.0. The molecule has 0 saturated heterocycles. The van der Waals surface area contributed by atoms with Crippen LogP contribution in [0.3, 0.4) is 0 Å². The molecule has 0 spiro atoms. The van der Waals surface area contributed by atoms with Crippen molar-refractivity contribution in [2.75, 3.05) is 12.4 Å². The number of anilines is 1. The van der Waals surface area contributed by atoms with Crippen molar-refractivity contribution < 1.29 is 9.59 Å². The number of carbonyl (C=O) groups excluding carboxylic acids is 2. The summed E-state index contributed by atoms with van der Waals surface area (Å²) < 4.78 is 0. The summed E-state index contributed by atoms with van der Waals surface area (Å²) in [7, 11) is 1.89. The molecule has 0 radical (unpaired) electrons. The largest absolute Gasteiger partial charge is 0.338 e. The maximum absolute atomic E-state index is 13.3. The number of hydrogen-bond donors (Lipinski definition) is 1. The van der Waals surface area contributed by atoms with Gasteiger partial charge in [-0.25, -0.2) is 0 Å². The number of nitrogens with one attached hydrogen (secondary N) is 1. The number of nitrogens with zero attached hydrogens (tertiary/aromatic N) is 1. The second-order valence-electron chi connectivity index (χ2n) is 11.3. The van der Waals surface area contributed by atoms with Crippen molar-refractivity contribution in [2.45, 2.75) is 71.8 Å². The second-order valence-corrected chi connectivity index (χ2v) is 11.7. The highest BCUT2D eigenvalue weighted by molar-refractivity contribution is 6.31. The molecule has 1 unspecified atom stereocenters. The van der Waals surface area contributed by atoms with Gasteiger partial charge in [0.05, 0.1) is 0 Å². The van der Waals surface area contributed by atoms with Crippen LogP contribution >= 0.6 is 11.6 Å². The van der Waals surface area contributed by atoms with Gasteiger partial charge in [0.2, 0.25) is 0 Å². The van der Waals surface area contributed by atoms with E-state index >= 15 is 0 Å². The SMILES string of the molecule is Cc1ccc(Cl)cc1NC(=O)C1=C[C@@]2(C)C(CC[C@@H]3[C@H]2CC[C@]2(C)CCC[C@@H]32)N(C)C1=O. The number of benzene rings is 1. The van der Waals surface area contributed by atoms with E-state index in [1.807, 2.05) is 24.9 Å². The summed E-state index contributed by atoms with van der Waals surface area (Å²) in [6.07, 6.45) is 10.8. The Morgan fingerprint density at radius 2 is 1.91 bits per heavy atom. The molecule has 4 aliphatic rings. The van der Waals surface area contributed by atoms with Crippen molar-refractivity contribution in [3.63, 3.8) is 0 Å². The molecular weight excluding hydrogens is 420 g/mol. The number of aryl methyl sites for hydroxylation is 1. The molecule has 5 rings (SSSR count). The molecule has 172 valence electrons. The van der Waals surface area contributed by atoms with Crippen LogP contribution in [0, 0.1) is 35.5 Å². The van der Waals surface area contributed by atoms with E-state index in [0.29, 0.717) is 28.0 Å². The number of halogens is 1. The molecule has 4 nitrogen and oxygen atoms in total. The lowest BCUT2D eigenvalue weighted by Crippen LogP contribution is -2.60. The maximum Gasteiger partial charge on any atom is 0.260 e. The lowest BCUT2D eigenvalue weighted by Gasteiger charge is -2.60. The lowest BCUT2D eigenvalue weighted by molar-refractivity contribution is -0.141. The standard InChI is InChI=1S/C27H35ClN2O2/c1-16-7-8-17(28)14-22(16)29-24(31)19-15-27(3)21-11-13-26(2)12-5-6-20(26)18(21)9-10-23(27)30(4)25(19)32/h7-8,14-15,18,20-21,23H,5-6,9-13H2,1-4H3,(H,29,31)/t18-,20-,21+,23?,26-,27+/m0/s1. The van der Waals surface area contributed by atoms with Gasteiger partial charge in [-0.2, -0.15) is 0 Å². The molecule has 0 bridgehead atoms. The third-order valence-corrected chi connectivity index (χ3v) is 9.91. The Bertz CT molecular complexity index is 1000. The van der Waals surface area contributed by atoms with E-state index in [-0.39, 0.29) is 28.8 Å². The molecule has 5 heteroatoms. The van der Waals surface area contributed by atoms with Crippen LogP contribution in [-0.2, 0) is 9.59 Å². The van der Waals surface area contributed by atoms with Gasteiger partial charge in [0.1, 0.15) is 5.57 Å². The predicted molar refractivity (Wildman–Crippen MR) is 128 cm³/mol. The Morgan fingerprint density at radius 1 is 1.12 bits per heavy atom. The quantitative estimate of drug-likeness (QED) is 0.558. The van der Waals surface area contributed by atoms with Gasteiger partial charge in [0, 0.05) is 29.2 Å². The monoisotopic (exact) mass is 454 g/mol. The van der Waals surface area contributed by atoms with E-state index in [0.717, 1.165) is 17.9 Å². The highest BCUT2D eigenvalue weighted by Crippen LogP contribution is 2.64. The van der Waals surface area contributed by atoms with Crippen molar-refractivity contribution in [3.05, 3.63) is 40.4 Å². The van der Waals surface area contributed by atoms with E-state index in [2.05, 4.69) is 25.2 Å². The van der Waals surface area contributed by atoms with Crippen LogP contribution in [0.5, 0.6) is 0 Å². The number of fused-ring (bicyclic) bond motifs is 5. The first-order valence-electron chi connectivity index (χ1n) is 12.2. The molecule has 1 aromatic rings. The van der Waals surface area contributed by atoms with Crippen LogP contribution in [0.25, 0.3) is 0 Å². The molecule has 3 aliphatic carbocycles. The molecule has 3 fully saturated rings. The molecule has 1 heterocycles. The van der Waals surface area contributed by atoms with E-state index in [1.165, 1.54) is 38.5 Å². The number of rotatable bonds is 2. The van der Waals surface area contributed by atoms with Gasteiger partial charge in [-0.3, -0.25) is 9.59 Å². The van der Waals surface area contributed by atoms with Crippen molar-refractivity contribution >= 4 is 29.1 Å². The zero-order chi connectivity index (χ0) is 22.8. The Balaban J connectivity index is 1.49. The lowest BCUT2D eigenvalue weighted by atomic mass is 9.48. The van der Waals surface area contributed by atoms with Crippen LogP contribution < -0.4 is 5.32 Å². The van der Waals surface area contributed by atoms with Crippen molar-refractivity contribution in [1.82, 2.24) is 4.90 Å². The van der Waals surface area contributed by atoms with E-state index < -0.39 is 0 Å². The zero-order valence-electron chi connectivity index (χ0n) is 19.7. The molecule has 0 aromatic heterocycles. The number of likely N-dealkylation sites (N-methyl/N-ethyl adjacent to an activating group) is 1. The summed E-state index contributed by atoms with van der Waals surface area (Å²) in [6.45, 7) is 6.75. The van der Waals surface area contributed by atoms with Crippen molar-refractivity contribution in [1.29, 1.82) is 0 Å². The summed E-state index contributed by atoms with van der Waals surface area (Å²) in [5.74, 6) is 1.54. The fourth-order valence-electron chi connectivity index (χ4n) is 7.96. The minimum Gasteiger partial charge on any atom is -0.338 e. The maximum atomic E-state index is 13.3. The minimum atomic E-state index is -0.324. The first-order valence-corrected chi connectivity index (χ1v) is 12.6. The van der Waals surface area contributed by atoms with Gasteiger partial charge in [-0.1, -0.05) is 44.0 Å². The fraction of sp³-hybridized carbons (Fsp3) is 0.630.